The minimum atomic E-state index is -1.98. The second-order valence-electron chi connectivity index (χ2n) is 4.15. The van der Waals surface area contributed by atoms with Gasteiger partial charge in [-0.1, -0.05) is 23.6 Å². The fourth-order valence-electron chi connectivity index (χ4n) is 0.697. The molecule has 0 N–H and O–H groups in total. The standard InChI is InChI=1S/C9H18N2O4Si/c1-5-6-7-14-8(12)10-11-9(13)15-16(2,3)4/h5-7H2,1-4H3. The van der Waals surface area contributed by atoms with E-state index in [1.807, 2.05) is 26.6 Å². The Morgan fingerprint density at radius 1 is 1.12 bits per heavy atom. The highest BCUT2D eigenvalue weighted by atomic mass is 28.4. The van der Waals surface area contributed by atoms with Crippen LogP contribution in [0.25, 0.3) is 0 Å². The van der Waals surface area contributed by atoms with E-state index >= 15 is 0 Å². The maximum absolute atomic E-state index is 11.0. The number of nitrogens with zero attached hydrogens (tertiary/aromatic N) is 2. The van der Waals surface area contributed by atoms with Crippen LogP contribution in [-0.2, 0) is 9.16 Å². The first-order chi connectivity index (χ1) is 7.35. The van der Waals surface area contributed by atoms with Crippen LogP contribution in [0.15, 0.2) is 10.2 Å². The van der Waals surface area contributed by atoms with E-state index in [-0.39, 0.29) is 6.61 Å². The van der Waals surface area contributed by atoms with E-state index in [1.165, 1.54) is 0 Å². The third-order valence-corrected chi connectivity index (χ3v) is 2.12. The summed E-state index contributed by atoms with van der Waals surface area (Å²) >= 11 is 0. The van der Waals surface area contributed by atoms with Crippen LogP contribution in [0.3, 0.4) is 0 Å². The van der Waals surface area contributed by atoms with Crippen molar-refractivity contribution in [1.29, 1.82) is 0 Å². The first kappa shape index (κ1) is 14.8. The normalized spacial score (nSPS) is 11.5. The average molecular weight is 246 g/mol. The molecule has 92 valence electrons. The summed E-state index contributed by atoms with van der Waals surface area (Å²) in [5.74, 6) is 0. The molecule has 0 spiro atoms. The van der Waals surface area contributed by atoms with Crippen LogP contribution in [0.4, 0.5) is 9.59 Å². The van der Waals surface area contributed by atoms with Crippen molar-refractivity contribution in [2.45, 2.75) is 39.4 Å². The number of hydrogen-bond donors (Lipinski definition) is 0. The fourth-order valence-corrected chi connectivity index (χ4v) is 1.26. The molecule has 0 aromatic rings. The van der Waals surface area contributed by atoms with Gasteiger partial charge in [0.25, 0.3) is 0 Å². The van der Waals surface area contributed by atoms with Gasteiger partial charge in [-0.2, -0.15) is 0 Å². The number of ether oxygens (including phenoxy) is 1. The van der Waals surface area contributed by atoms with Gasteiger partial charge >= 0.3 is 12.2 Å². The van der Waals surface area contributed by atoms with Gasteiger partial charge < -0.3 is 9.16 Å². The summed E-state index contributed by atoms with van der Waals surface area (Å²) in [6.07, 6.45) is -0.0181. The summed E-state index contributed by atoms with van der Waals surface area (Å²) in [7, 11) is -1.98. The van der Waals surface area contributed by atoms with Crippen LogP contribution in [0.2, 0.25) is 19.6 Å². The third-order valence-electron chi connectivity index (χ3n) is 1.33. The minimum absolute atomic E-state index is 0.289. The zero-order chi connectivity index (χ0) is 12.6. The van der Waals surface area contributed by atoms with Crippen molar-refractivity contribution in [1.82, 2.24) is 0 Å². The number of unbranched alkanes of at least 4 members (excludes halogenated alkanes) is 1. The third kappa shape index (κ3) is 9.32. The molecule has 7 heteroatoms. The molecule has 0 saturated heterocycles. The molecule has 0 aliphatic carbocycles. The van der Waals surface area contributed by atoms with Gasteiger partial charge in [0.05, 0.1) is 6.61 Å². The summed E-state index contributed by atoms with van der Waals surface area (Å²) in [6, 6.07) is 0. The molecule has 0 aliphatic heterocycles. The number of amides is 2. The average Bonchev–Trinajstić information content (AvgIpc) is 2.12. The molecule has 6 nitrogen and oxygen atoms in total. The molecule has 0 aromatic carbocycles. The lowest BCUT2D eigenvalue weighted by molar-refractivity contribution is 0.152. The van der Waals surface area contributed by atoms with E-state index in [2.05, 4.69) is 15.0 Å². The number of rotatable bonds is 4. The molecule has 0 heterocycles. The smallest absolute Gasteiger partial charge is 0.452 e. The molecule has 0 unspecified atom stereocenters. The van der Waals surface area contributed by atoms with Crippen LogP contribution in [-0.4, -0.2) is 27.1 Å². The second kappa shape index (κ2) is 7.10. The lowest BCUT2D eigenvalue weighted by Gasteiger charge is -2.13. The molecule has 0 bridgehead atoms. The van der Waals surface area contributed by atoms with Crippen LogP contribution in [0.5, 0.6) is 0 Å². The lowest BCUT2D eigenvalue weighted by atomic mass is 10.4. The van der Waals surface area contributed by atoms with Crippen LogP contribution < -0.4 is 0 Å². The predicted octanol–water partition coefficient (Wildman–Crippen LogP) is 3.35. The molecule has 2 amide bonds. The molecular weight excluding hydrogens is 228 g/mol. The van der Waals surface area contributed by atoms with E-state index in [0.29, 0.717) is 0 Å². The van der Waals surface area contributed by atoms with Crippen molar-refractivity contribution in [3.8, 4) is 0 Å². The zero-order valence-electron chi connectivity index (χ0n) is 10.1. The highest BCUT2D eigenvalue weighted by Crippen LogP contribution is 2.04. The van der Waals surface area contributed by atoms with Crippen molar-refractivity contribution in [2.24, 2.45) is 10.2 Å². The summed E-state index contributed by atoms with van der Waals surface area (Å²) in [5.41, 5.74) is 0. The quantitative estimate of drug-likeness (QED) is 0.433. The Labute approximate surface area is 96.2 Å². The molecule has 0 atom stereocenters. The maximum atomic E-state index is 11.0. The van der Waals surface area contributed by atoms with Gasteiger partial charge in [-0.25, -0.2) is 9.59 Å². The van der Waals surface area contributed by atoms with Gasteiger partial charge in [-0.3, -0.25) is 0 Å². The van der Waals surface area contributed by atoms with Crippen LogP contribution >= 0.6 is 0 Å². The fraction of sp³-hybridized carbons (Fsp3) is 0.778. The van der Waals surface area contributed by atoms with Crippen LogP contribution in [0.1, 0.15) is 19.8 Å². The molecule has 0 saturated carbocycles. The van der Waals surface area contributed by atoms with E-state index in [4.69, 9.17) is 4.43 Å². The van der Waals surface area contributed by atoms with Crippen molar-refractivity contribution in [2.75, 3.05) is 6.61 Å². The first-order valence-corrected chi connectivity index (χ1v) is 8.57. The Bertz CT molecular complexity index is 273. The Morgan fingerprint density at radius 2 is 1.69 bits per heavy atom. The SMILES string of the molecule is CCCCOC(=O)N=NC(=O)O[Si](C)(C)C. The predicted molar refractivity (Wildman–Crippen MR) is 60.9 cm³/mol. The van der Waals surface area contributed by atoms with Gasteiger partial charge in [-0.15, -0.1) is 0 Å². The number of hydrogen-bond acceptors (Lipinski definition) is 4. The van der Waals surface area contributed by atoms with E-state index < -0.39 is 20.5 Å². The first-order valence-electron chi connectivity index (χ1n) is 5.16. The van der Waals surface area contributed by atoms with Gasteiger partial charge in [-0.05, 0) is 26.1 Å². The summed E-state index contributed by atoms with van der Waals surface area (Å²) in [5, 5.41) is 6.20. The van der Waals surface area contributed by atoms with Crippen molar-refractivity contribution < 1.29 is 18.8 Å². The Balaban J connectivity index is 3.89. The molecular formula is C9H18N2O4Si. The Morgan fingerprint density at radius 3 is 2.19 bits per heavy atom. The summed E-state index contributed by atoms with van der Waals surface area (Å²) in [4.78, 5) is 21.9. The molecule has 0 rings (SSSR count). The molecule has 16 heavy (non-hydrogen) atoms. The highest BCUT2D eigenvalue weighted by Gasteiger charge is 2.19. The lowest BCUT2D eigenvalue weighted by Crippen LogP contribution is -2.27. The van der Waals surface area contributed by atoms with Gasteiger partial charge in [0.15, 0.2) is 0 Å². The largest absolute Gasteiger partial charge is 0.502 e. The van der Waals surface area contributed by atoms with Gasteiger partial charge in [0, 0.05) is 0 Å². The maximum Gasteiger partial charge on any atom is 0.452 e. The molecule has 0 radical (unpaired) electrons. The summed E-state index contributed by atoms with van der Waals surface area (Å²) in [6.45, 7) is 7.76. The van der Waals surface area contributed by atoms with E-state index in [9.17, 15) is 9.59 Å². The number of carbonyl (C=O) groups is 2. The molecule has 0 aromatic heterocycles. The van der Waals surface area contributed by atoms with Crippen molar-refractivity contribution in [3.05, 3.63) is 0 Å². The highest BCUT2D eigenvalue weighted by molar-refractivity contribution is 6.71. The van der Waals surface area contributed by atoms with Crippen molar-refractivity contribution in [3.63, 3.8) is 0 Å². The zero-order valence-corrected chi connectivity index (χ0v) is 11.1. The number of azo groups is 1. The Kier molecular flexibility index (Phi) is 6.55. The summed E-state index contributed by atoms with van der Waals surface area (Å²) < 4.78 is 9.61. The monoisotopic (exact) mass is 246 g/mol. The van der Waals surface area contributed by atoms with E-state index in [0.717, 1.165) is 12.8 Å². The van der Waals surface area contributed by atoms with Gasteiger partial charge in [0.2, 0.25) is 8.32 Å². The van der Waals surface area contributed by atoms with Crippen molar-refractivity contribution >= 4 is 20.5 Å². The molecule has 0 aliphatic rings. The topological polar surface area (TPSA) is 77.3 Å². The minimum Gasteiger partial charge on any atom is -0.502 e. The Hall–Kier alpha value is -1.24. The van der Waals surface area contributed by atoms with Gasteiger partial charge in [0.1, 0.15) is 0 Å². The molecule has 0 fully saturated rings. The number of carbonyl (C=O) groups excluding carboxylic acids is 2. The van der Waals surface area contributed by atoms with E-state index in [1.54, 1.807) is 0 Å². The van der Waals surface area contributed by atoms with Crippen LogP contribution in [0, 0.1) is 0 Å². The second-order valence-corrected chi connectivity index (χ2v) is 8.58.